The van der Waals surface area contributed by atoms with E-state index in [0.717, 1.165) is 38.1 Å². The zero-order valence-corrected chi connectivity index (χ0v) is 20.2. The zero-order chi connectivity index (χ0) is 20.4. The number of guanidine groups is 1. The van der Waals surface area contributed by atoms with E-state index in [-0.39, 0.29) is 36.1 Å². The fourth-order valence-corrected chi connectivity index (χ4v) is 2.91. The first kappa shape index (κ1) is 25.5. The standard InChI is InChI=1S/C21H34N4O3.HI/c1-5-22-19(23-14-17-12-9-13-27-17)24-15-18(16-10-7-6-8-11-16)25-20(26)28-21(2,3)4;/h6-8,10-11,17-18H,5,9,12-15H2,1-4H3,(H,25,26)(H2,22,23,24);1H. The quantitative estimate of drug-likeness (QED) is 0.292. The number of nitrogens with zero attached hydrogens (tertiary/aromatic N) is 1. The molecule has 0 bridgehead atoms. The van der Waals surface area contributed by atoms with Crippen LogP contribution in [0.15, 0.2) is 35.3 Å². The van der Waals surface area contributed by atoms with Crippen LogP contribution in [0.4, 0.5) is 4.79 Å². The van der Waals surface area contributed by atoms with Crippen molar-refractivity contribution in [3.8, 4) is 0 Å². The van der Waals surface area contributed by atoms with E-state index >= 15 is 0 Å². The van der Waals surface area contributed by atoms with Crippen LogP contribution in [0.5, 0.6) is 0 Å². The first-order valence-electron chi connectivity index (χ1n) is 10.1. The summed E-state index contributed by atoms with van der Waals surface area (Å²) in [4.78, 5) is 17.0. The summed E-state index contributed by atoms with van der Waals surface area (Å²) in [5, 5.41) is 9.51. The lowest BCUT2D eigenvalue weighted by Gasteiger charge is -2.23. The number of halogens is 1. The Kier molecular flexibility index (Phi) is 11.3. The van der Waals surface area contributed by atoms with Crippen molar-refractivity contribution in [3.05, 3.63) is 35.9 Å². The molecular weight excluding hydrogens is 483 g/mol. The Labute approximate surface area is 191 Å². The summed E-state index contributed by atoms with van der Waals surface area (Å²) in [5.41, 5.74) is 0.430. The van der Waals surface area contributed by atoms with E-state index in [1.165, 1.54) is 0 Å². The highest BCUT2D eigenvalue weighted by Crippen LogP contribution is 2.15. The van der Waals surface area contributed by atoms with Crippen LogP contribution in [0, 0.1) is 0 Å². The van der Waals surface area contributed by atoms with Crippen molar-refractivity contribution in [2.75, 3.05) is 26.2 Å². The number of alkyl carbamates (subject to hydrolysis) is 1. The molecule has 0 aliphatic carbocycles. The van der Waals surface area contributed by atoms with Crippen LogP contribution in [-0.2, 0) is 9.47 Å². The van der Waals surface area contributed by atoms with Crippen molar-refractivity contribution in [2.45, 2.75) is 58.3 Å². The van der Waals surface area contributed by atoms with Gasteiger partial charge < -0.3 is 25.4 Å². The number of carbonyl (C=O) groups excluding carboxylic acids is 1. The first-order chi connectivity index (χ1) is 13.4. The maximum atomic E-state index is 12.3. The van der Waals surface area contributed by atoms with Crippen molar-refractivity contribution < 1.29 is 14.3 Å². The number of hydrogen-bond acceptors (Lipinski definition) is 4. The topological polar surface area (TPSA) is 84.0 Å². The van der Waals surface area contributed by atoms with E-state index in [1.54, 1.807) is 0 Å². The number of benzene rings is 1. The molecule has 1 amide bonds. The molecule has 2 rings (SSSR count). The summed E-state index contributed by atoms with van der Waals surface area (Å²) >= 11 is 0. The normalized spacial score (nSPS) is 17.8. The molecule has 1 saturated heterocycles. The molecule has 1 aliphatic rings. The van der Waals surface area contributed by atoms with Crippen LogP contribution in [0.25, 0.3) is 0 Å². The maximum Gasteiger partial charge on any atom is 0.408 e. The lowest BCUT2D eigenvalue weighted by atomic mass is 10.1. The average Bonchev–Trinajstić information content (AvgIpc) is 3.15. The molecule has 1 aromatic rings. The van der Waals surface area contributed by atoms with Gasteiger partial charge in [-0.05, 0) is 46.1 Å². The van der Waals surface area contributed by atoms with Gasteiger partial charge in [0.05, 0.1) is 18.7 Å². The molecule has 3 N–H and O–H groups in total. The van der Waals surface area contributed by atoms with Crippen molar-refractivity contribution >= 4 is 36.0 Å². The van der Waals surface area contributed by atoms with Crippen LogP contribution in [-0.4, -0.2) is 50.0 Å². The van der Waals surface area contributed by atoms with Gasteiger partial charge in [0.2, 0.25) is 0 Å². The number of aliphatic imine (C=N–C) groups is 1. The molecule has 2 unspecified atom stereocenters. The third kappa shape index (κ3) is 10.2. The Bertz CT molecular complexity index is 629. The lowest BCUT2D eigenvalue weighted by molar-refractivity contribution is 0.0505. The molecule has 1 aromatic carbocycles. The Morgan fingerprint density at radius 3 is 2.59 bits per heavy atom. The van der Waals surface area contributed by atoms with E-state index < -0.39 is 11.7 Å². The van der Waals surface area contributed by atoms with Crippen LogP contribution in [0.3, 0.4) is 0 Å². The monoisotopic (exact) mass is 518 g/mol. The van der Waals surface area contributed by atoms with Gasteiger partial charge in [-0.15, -0.1) is 24.0 Å². The molecule has 0 saturated carbocycles. The second-order valence-corrected chi connectivity index (χ2v) is 7.85. The zero-order valence-electron chi connectivity index (χ0n) is 17.9. The third-order valence-corrected chi connectivity index (χ3v) is 4.19. The molecule has 164 valence electrons. The molecule has 7 nitrogen and oxygen atoms in total. The smallest absolute Gasteiger partial charge is 0.408 e. The summed E-state index contributed by atoms with van der Waals surface area (Å²) in [7, 11) is 0. The summed E-state index contributed by atoms with van der Waals surface area (Å²) in [6.07, 6.45) is 1.96. The SMILES string of the molecule is CCNC(=NCC(NC(=O)OC(C)(C)C)c1ccccc1)NCC1CCCO1.I. The largest absolute Gasteiger partial charge is 0.444 e. The van der Waals surface area contributed by atoms with Gasteiger partial charge in [0, 0.05) is 19.7 Å². The minimum Gasteiger partial charge on any atom is -0.444 e. The fraction of sp³-hybridized carbons (Fsp3) is 0.619. The minimum absolute atomic E-state index is 0. The lowest BCUT2D eigenvalue weighted by Crippen LogP contribution is -2.42. The highest BCUT2D eigenvalue weighted by Gasteiger charge is 2.21. The van der Waals surface area contributed by atoms with Crippen LogP contribution in [0.2, 0.25) is 0 Å². The van der Waals surface area contributed by atoms with Crippen LogP contribution >= 0.6 is 24.0 Å². The minimum atomic E-state index is -0.549. The highest BCUT2D eigenvalue weighted by atomic mass is 127. The molecule has 1 fully saturated rings. The van der Waals surface area contributed by atoms with Gasteiger partial charge in [-0.3, -0.25) is 4.99 Å². The van der Waals surface area contributed by atoms with Gasteiger partial charge in [0.15, 0.2) is 5.96 Å². The van der Waals surface area contributed by atoms with Gasteiger partial charge in [0.1, 0.15) is 5.60 Å². The van der Waals surface area contributed by atoms with Gasteiger partial charge in [-0.2, -0.15) is 0 Å². The number of nitrogens with one attached hydrogen (secondary N) is 3. The molecule has 1 aliphatic heterocycles. The Morgan fingerprint density at radius 1 is 1.28 bits per heavy atom. The first-order valence-corrected chi connectivity index (χ1v) is 10.1. The van der Waals surface area contributed by atoms with E-state index in [2.05, 4.69) is 20.9 Å². The number of hydrogen-bond donors (Lipinski definition) is 3. The second kappa shape index (κ2) is 12.9. The summed E-state index contributed by atoms with van der Waals surface area (Å²) in [6, 6.07) is 9.51. The fourth-order valence-electron chi connectivity index (χ4n) is 2.91. The molecule has 0 aromatic heterocycles. The van der Waals surface area contributed by atoms with Gasteiger partial charge >= 0.3 is 6.09 Å². The third-order valence-electron chi connectivity index (χ3n) is 4.19. The summed E-state index contributed by atoms with van der Waals surface area (Å²) in [6.45, 7) is 10.3. The molecule has 1 heterocycles. The highest BCUT2D eigenvalue weighted by molar-refractivity contribution is 14.0. The molecule has 2 atom stereocenters. The van der Waals surface area contributed by atoms with Crippen molar-refractivity contribution in [2.24, 2.45) is 4.99 Å². The molecular formula is C21H35IN4O3. The number of rotatable bonds is 7. The Morgan fingerprint density at radius 2 is 2.00 bits per heavy atom. The van der Waals surface area contributed by atoms with E-state index in [9.17, 15) is 4.79 Å². The molecule has 29 heavy (non-hydrogen) atoms. The summed E-state index contributed by atoms with van der Waals surface area (Å²) < 4.78 is 11.1. The van der Waals surface area contributed by atoms with Crippen molar-refractivity contribution in [1.29, 1.82) is 0 Å². The Balaban J connectivity index is 0.00000420. The molecule has 8 heteroatoms. The van der Waals surface area contributed by atoms with Crippen LogP contribution < -0.4 is 16.0 Å². The van der Waals surface area contributed by atoms with Crippen LogP contribution in [0.1, 0.15) is 52.1 Å². The van der Waals surface area contributed by atoms with Gasteiger partial charge in [-0.25, -0.2) is 4.79 Å². The molecule has 0 spiro atoms. The summed E-state index contributed by atoms with van der Waals surface area (Å²) in [5.74, 6) is 0.713. The average molecular weight is 518 g/mol. The predicted octanol–water partition coefficient (Wildman–Crippen LogP) is 3.60. The second-order valence-electron chi connectivity index (χ2n) is 7.85. The number of carbonyl (C=O) groups is 1. The number of amides is 1. The van der Waals surface area contributed by atoms with E-state index in [1.807, 2.05) is 58.0 Å². The predicted molar refractivity (Wildman–Crippen MR) is 127 cm³/mol. The maximum absolute atomic E-state index is 12.3. The van der Waals surface area contributed by atoms with E-state index in [0.29, 0.717) is 12.5 Å². The Hall–Kier alpha value is -1.55. The van der Waals surface area contributed by atoms with Gasteiger partial charge in [-0.1, -0.05) is 30.3 Å². The van der Waals surface area contributed by atoms with Crippen molar-refractivity contribution in [3.63, 3.8) is 0 Å². The van der Waals surface area contributed by atoms with Gasteiger partial charge in [0.25, 0.3) is 0 Å². The van der Waals surface area contributed by atoms with E-state index in [4.69, 9.17) is 9.47 Å². The van der Waals surface area contributed by atoms with Crippen molar-refractivity contribution in [1.82, 2.24) is 16.0 Å². The number of ether oxygens (including phenoxy) is 2. The molecule has 0 radical (unpaired) electrons.